The summed E-state index contributed by atoms with van der Waals surface area (Å²) in [6.07, 6.45) is 1.43. The standard InChI is InChI=1S/C17H21N5O2S/c23-11-10-20-6-8-21(9-7-20)14(13-4-2-1-3-5-13)15-16(24)22-17(25-15)18-12-19-22/h1-5,12,14-15,23H,6-11H2. The lowest BCUT2D eigenvalue weighted by Crippen LogP contribution is -2.50. The fourth-order valence-electron chi connectivity index (χ4n) is 3.58. The molecule has 2 atom stereocenters. The maximum Gasteiger partial charge on any atom is 0.264 e. The lowest BCUT2D eigenvalue weighted by molar-refractivity contribution is 0.0689. The molecule has 2 aromatic rings. The van der Waals surface area contributed by atoms with E-state index in [0.717, 1.165) is 31.7 Å². The fraction of sp³-hybridized carbons (Fsp3) is 0.471. The van der Waals surface area contributed by atoms with Crippen molar-refractivity contribution < 1.29 is 9.90 Å². The van der Waals surface area contributed by atoms with Gasteiger partial charge in [-0.05, 0) is 5.56 Å². The summed E-state index contributed by atoms with van der Waals surface area (Å²) in [5.74, 6) is 0.00383. The second-order valence-corrected chi connectivity index (χ2v) is 7.40. The third kappa shape index (κ3) is 3.22. The van der Waals surface area contributed by atoms with Crippen LogP contribution in [0.2, 0.25) is 0 Å². The highest BCUT2D eigenvalue weighted by molar-refractivity contribution is 8.00. The number of aliphatic hydroxyl groups is 1. The number of rotatable bonds is 5. The van der Waals surface area contributed by atoms with E-state index < -0.39 is 0 Å². The number of thioether (sulfide) groups is 1. The molecule has 0 saturated carbocycles. The Morgan fingerprint density at radius 2 is 1.96 bits per heavy atom. The van der Waals surface area contributed by atoms with Crippen molar-refractivity contribution in [3.8, 4) is 0 Å². The molecule has 1 aromatic carbocycles. The van der Waals surface area contributed by atoms with Gasteiger partial charge >= 0.3 is 0 Å². The van der Waals surface area contributed by atoms with Crippen molar-refractivity contribution in [2.75, 3.05) is 39.3 Å². The van der Waals surface area contributed by atoms with Gasteiger partial charge in [-0.25, -0.2) is 4.98 Å². The first-order valence-corrected chi connectivity index (χ1v) is 9.39. The third-order valence-electron chi connectivity index (χ3n) is 4.85. The Morgan fingerprint density at radius 3 is 2.64 bits per heavy atom. The molecule has 0 amide bonds. The number of carbonyl (C=O) groups excluding carboxylic acids is 1. The van der Waals surface area contributed by atoms with Crippen molar-refractivity contribution in [2.24, 2.45) is 0 Å². The van der Waals surface area contributed by atoms with Crippen LogP contribution in [0.15, 0.2) is 41.8 Å². The number of carbonyl (C=O) groups is 1. The van der Waals surface area contributed by atoms with E-state index >= 15 is 0 Å². The maximum absolute atomic E-state index is 12.9. The number of piperazine rings is 1. The first-order valence-electron chi connectivity index (χ1n) is 8.51. The molecular formula is C17H21N5O2S. The van der Waals surface area contributed by atoms with E-state index in [1.165, 1.54) is 22.8 Å². The lowest BCUT2D eigenvalue weighted by Gasteiger charge is -2.40. The average Bonchev–Trinajstić information content (AvgIpc) is 3.22. The van der Waals surface area contributed by atoms with E-state index in [0.29, 0.717) is 11.7 Å². The molecule has 25 heavy (non-hydrogen) atoms. The molecule has 2 aliphatic rings. The SMILES string of the molecule is O=C1C(C(c2ccccc2)N2CCN(CCO)CC2)Sc2ncnn21. The van der Waals surface area contributed by atoms with Gasteiger partial charge in [-0.2, -0.15) is 9.78 Å². The predicted molar refractivity (Wildman–Crippen MR) is 94.6 cm³/mol. The monoisotopic (exact) mass is 359 g/mol. The third-order valence-corrected chi connectivity index (χ3v) is 6.05. The quantitative estimate of drug-likeness (QED) is 0.844. The normalized spacial score (nSPS) is 22.9. The van der Waals surface area contributed by atoms with E-state index in [1.54, 1.807) is 0 Å². The molecular weight excluding hydrogens is 338 g/mol. The van der Waals surface area contributed by atoms with Gasteiger partial charge in [-0.3, -0.25) is 14.6 Å². The molecule has 1 N–H and O–H groups in total. The van der Waals surface area contributed by atoms with E-state index in [1.807, 2.05) is 18.2 Å². The van der Waals surface area contributed by atoms with Crippen LogP contribution in [-0.4, -0.2) is 80.2 Å². The van der Waals surface area contributed by atoms with Crippen LogP contribution in [0.4, 0.5) is 0 Å². The highest BCUT2D eigenvalue weighted by Crippen LogP contribution is 2.40. The summed E-state index contributed by atoms with van der Waals surface area (Å²) in [7, 11) is 0. The topological polar surface area (TPSA) is 74.5 Å². The summed E-state index contributed by atoms with van der Waals surface area (Å²) in [6, 6.07) is 10.2. The molecule has 4 rings (SSSR count). The number of β-amino-alcohol motifs (C(OH)–C–C–N with tert-alkyl or cyclic N) is 1. The van der Waals surface area contributed by atoms with Gasteiger partial charge in [0.15, 0.2) is 5.16 Å². The Morgan fingerprint density at radius 1 is 1.20 bits per heavy atom. The highest BCUT2D eigenvalue weighted by Gasteiger charge is 2.42. The molecule has 1 fully saturated rings. The molecule has 2 aliphatic heterocycles. The zero-order chi connectivity index (χ0) is 17.2. The van der Waals surface area contributed by atoms with Crippen molar-refractivity contribution in [2.45, 2.75) is 16.4 Å². The molecule has 2 unspecified atom stereocenters. The first-order chi connectivity index (χ1) is 12.3. The van der Waals surface area contributed by atoms with Gasteiger partial charge in [-0.1, -0.05) is 42.1 Å². The Hall–Kier alpha value is -1.74. The molecule has 0 bridgehead atoms. The molecule has 8 heteroatoms. The van der Waals surface area contributed by atoms with E-state index in [9.17, 15) is 4.79 Å². The minimum absolute atomic E-state index is 0.00141. The smallest absolute Gasteiger partial charge is 0.264 e. The molecule has 1 saturated heterocycles. The van der Waals surface area contributed by atoms with Crippen LogP contribution in [0.3, 0.4) is 0 Å². The summed E-state index contributed by atoms with van der Waals surface area (Å²) in [5.41, 5.74) is 1.15. The van der Waals surface area contributed by atoms with Gasteiger partial charge in [-0.15, -0.1) is 0 Å². The van der Waals surface area contributed by atoms with Gasteiger partial charge in [0.25, 0.3) is 5.91 Å². The average molecular weight is 359 g/mol. The number of hydrogen-bond acceptors (Lipinski definition) is 7. The fourth-order valence-corrected chi connectivity index (χ4v) is 4.81. The number of aliphatic hydroxyl groups excluding tert-OH is 1. The van der Waals surface area contributed by atoms with Crippen LogP contribution in [0.1, 0.15) is 16.4 Å². The minimum Gasteiger partial charge on any atom is -0.395 e. The van der Waals surface area contributed by atoms with Gasteiger partial charge < -0.3 is 5.11 Å². The molecule has 0 spiro atoms. The zero-order valence-electron chi connectivity index (χ0n) is 13.9. The summed E-state index contributed by atoms with van der Waals surface area (Å²) < 4.78 is 1.42. The summed E-state index contributed by atoms with van der Waals surface area (Å²) in [6.45, 7) is 4.45. The lowest BCUT2D eigenvalue weighted by atomic mass is 10.00. The number of hydrogen-bond donors (Lipinski definition) is 1. The molecule has 3 heterocycles. The van der Waals surface area contributed by atoms with Crippen molar-refractivity contribution in [1.29, 1.82) is 0 Å². The molecule has 0 radical (unpaired) electrons. The summed E-state index contributed by atoms with van der Waals surface area (Å²) in [4.78, 5) is 21.7. The van der Waals surface area contributed by atoms with Crippen LogP contribution in [0.25, 0.3) is 0 Å². The Kier molecular flexibility index (Phi) is 4.85. The van der Waals surface area contributed by atoms with E-state index in [4.69, 9.17) is 5.11 Å². The van der Waals surface area contributed by atoms with Gasteiger partial charge in [0.2, 0.25) is 0 Å². The predicted octanol–water partition coefficient (Wildman–Crippen LogP) is 0.744. The van der Waals surface area contributed by atoms with Crippen LogP contribution in [0.5, 0.6) is 0 Å². The number of nitrogens with zero attached hydrogens (tertiary/aromatic N) is 5. The van der Waals surface area contributed by atoms with Crippen molar-refractivity contribution in [1.82, 2.24) is 24.6 Å². The molecule has 132 valence electrons. The molecule has 7 nitrogen and oxygen atoms in total. The Bertz CT molecular complexity index is 730. The molecule has 1 aromatic heterocycles. The second kappa shape index (κ2) is 7.25. The Labute approximate surface area is 150 Å². The van der Waals surface area contributed by atoms with Crippen LogP contribution < -0.4 is 0 Å². The number of benzene rings is 1. The van der Waals surface area contributed by atoms with Crippen LogP contribution in [-0.2, 0) is 0 Å². The number of fused-ring (bicyclic) bond motifs is 1. The van der Waals surface area contributed by atoms with E-state index in [2.05, 4.69) is 32.0 Å². The maximum atomic E-state index is 12.9. The van der Waals surface area contributed by atoms with Crippen molar-refractivity contribution in [3.05, 3.63) is 42.2 Å². The van der Waals surface area contributed by atoms with Gasteiger partial charge in [0.1, 0.15) is 11.6 Å². The molecule has 0 aliphatic carbocycles. The van der Waals surface area contributed by atoms with Gasteiger partial charge in [0.05, 0.1) is 12.6 Å². The number of aromatic nitrogens is 3. The largest absolute Gasteiger partial charge is 0.395 e. The second-order valence-electron chi connectivity index (χ2n) is 6.29. The minimum atomic E-state index is -0.233. The first kappa shape index (κ1) is 16.7. The van der Waals surface area contributed by atoms with Crippen LogP contribution in [0, 0.1) is 0 Å². The van der Waals surface area contributed by atoms with Gasteiger partial charge in [0, 0.05) is 32.7 Å². The Balaban J connectivity index is 1.58. The highest BCUT2D eigenvalue weighted by atomic mass is 32.2. The zero-order valence-corrected chi connectivity index (χ0v) is 14.7. The van der Waals surface area contributed by atoms with Crippen LogP contribution >= 0.6 is 11.8 Å². The van der Waals surface area contributed by atoms with Crippen molar-refractivity contribution in [3.63, 3.8) is 0 Å². The summed E-state index contributed by atoms with van der Waals surface area (Å²) >= 11 is 1.50. The summed E-state index contributed by atoms with van der Waals surface area (Å²) in [5, 5.41) is 13.6. The van der Waals surface area contributed by atoms with E-state index in [-0.39, 0.29) is 23.8 Å². The van der Waals surface area contributed by atoms with Crippen molar-refractivity contribution >= 4 is 17.7 Å².